The van der Waals surface area contributed by atoms with Gasteiger partial charge in [-0.3, -0.25) is 9.09 Å². The average molecular weight is 540 g/mol. The summed E-state index contributed by atoms with van der Waals surface area (Å²) in [5.41, 5.74) is 7.45. The molecule has 0 aromatic carbocycles. The molecule has 1 aliphatic rings. The monoisotopic (exact) mass is 540 g/mol. The molecule has 0 spiro atoms. The first-order valence-electron chi connectivity index (χ1n) is 8.12. The fourth-order valence-electron chi connectivity index (χ4n) is 2.65. The van der Waals surface area contributed by atoms with E-state index in [9.17, 15) is 32.9 Å². The van der Waals surface area contributed by atoms with Crippen molar-refractivity contribution in [3.8, 4) is 0 Å². The topological polar surface area (TPSA) is 299 Å². The number of aliphatic hydroxyl groups is 1. The minimum Gasteiger partial charge on any atom is -0.383 e. The number of ether oxygens (including phenoxy) is 1. The van der Waals surface area contributed by atoms with Crippen molar-refractivity contribution in [1.82, 2.24) is 9.55 Å². The highest BCUT2D eigenvalue weighted by atomic mass is 31.3. The maximum absolute atomic E-state index is 14.0. The first-order valence-corrected chi connectivity index (χ1v) is 12.6. The normalized spacial score (nSPS) is 29.1. The Morgan fingerprint density at radius 1 is 1.33 bits per heavy atom. The lowest BCUT2D eigenvalue weighted by molar-refractivity contribution is -0.169. The molecule has 33 heavy (non-hydrogen) atoms. The van der Waals surface area contributed by atoms with E-state index in [1.54, 1.807) is 0 Å². The lowest BCUT2D eigenvalue weighted by Crippen LogP contribution is -2.54. The molecule has 0 radical (unpaired) electrons. The summed E-state index contributed by atoms with van der Waals surface area (Å²) in [7, 11) is -17.3. The molecule has 0 aliphatic carbocycles. The standard InChI is InChI=1S/C10H16FN6O13P3/c11-4-9(5-27-32(23,24)30-33(25,26)29-31(20,21)22)10(19,15-16-13)3-7(28-9)17-2-1-6(12)14-8(17)18/h1-2,7,19H,3-5H2,(H,23,24)(H,25,26)(H2,12,14,18)(H2,20,21,22)/t7-,9-,10?/m1/s1. The summed E-state index contributed by atoms with van der Waals surface area (Å²) in [6.07, 6.45) is -1.32. The van der Waals surface area contributed by atoms with Crippen LogP contribution in [0.5, 0.6) is 0 Å². The third-order valence-electron chi connectivity index (χ3n) is 4.02. The fourth-order valence-corrected chi connectivity index (χ4v) is 5.71. The number of nitrogens with two attached hydrogens (primary N) is 1. The zero-order valence-corrected chi connectivity index (χ0v) is 18.6. The second-order valence-corrected chi connectivity index (χ2v) is 10.7. The largest absolute Gasteiger partial charge is 0.490 e. The molecule has 1 fully saturated rings. The molecule has 0 saturated carbocycles. The Morgan fingerprint density at radius 2 is 1.97 bits per heavy atom. The molecular formula is C10H16FN6O13P3. The van der Waals surface area contributed by atoms with Crippen molar-refractivity contribution in [2.75, 3.05) is 19.0 Å². The summed E-state index contributed by atoms with van der Waals surface area (Å²) in [5, 5.41) is 13.7. The van der Waals surface area contributed by atoms with Crippen LogP contribution in [-0.2, 0) is 31.6 Å². The van der Waals surface area contributed by atoms with Gasteiger partial charge in [-0.15, -0.1) is 0 Å². The molecule has 186 valence electrons. The average Bonchev–Trinajstić information content (AvgIpc) is 2.90. The highest BCUT2D eigenvalue weighted by molar-refractivity contribution is 7.66. The Labute approximate surface area is 181 Å². The maximum atomic E-state index is 14.0. The number of phosphoric acid groups is 3. The Bertz CT molecular complexity index is 1150. The molecule has 1 saturated heterocycles. The van der Waals surface area contributed by atoms with Crippen LogP contribution in [0.1, 0.15) is 12.6 Å². The van der Waals surface area contributed by atoms with Gasteiger partial charge in [-0.05, 0) is 11.6 Å². The van der Waals surface area contributed by atoms with Gasteiger partial charge in [0, 0.05) is 17.5 Å². The number of alkyl halides is 1. The number of nitrogens with zero attached hydrogens (tertiary/aromatic N) is 5. The second-order valence-electron chi connectivity index (χ2n) is 6.32. The van der Waals surface area contributed by atoms with E-state index in [1.165, 1.54) is 0 Å². The number of anilines is 1. The van der Waals surface area contributed by atoms with Crippen molar-refractivity contribution in [2.24, 2.45) is 5.11 Å². The fraction of sp³-hybridized carbons (Fsp3) is 0.600. The smallest absolute Gasteiger partial charge is 0.383 e. The molecule has 1 aromatic rings. The van der Waals surface area contributed by atoms with Gasteiger partial charge in [-0.1, -0.05) is 5.11 Å². The molecule has 1 aromatic heterocycles. The van der Waals surface area contributed by atoms with Crippen LogP contribution in [0.3, 0.4) is 0 Å². The van der Waals surface area contributed by atoms with Gasteiger partial charge in [0.05, 0.1) is 6.61 Å². The lowest BCUT2D eigenvalue weighted by Gasteiger charge is -2.35. The van der Waals surface area contributed by atoms with Crippen LogP contribution in [0.15, 0.2) is 22.2 Å². The molecule has 19 nitrogen and oxygen atoms in total. The molecule has 0 bridgehead atoms. The van der Waals surface area contributed by atoms with Crippen LogP contribution >= 0.6 is 23.5 Å². The SMILES string of the molecule is [N-]=[N+]=NC1(O)C[C@H](n2ccc(N)nc2=O)O[C@]1(CF)COP(=O)(O)OP(=O)(O)OP(=O)(O)O. The number of phosphoric ester groups is 1. The van der Waals surface area contributed by atoms with E-state index in [2.05, 4.69) is 28.2 Å². The number of halogens is 1. The Balaban J connectivity index is 2.33. The second kappa shape index (κ2) is 9.48. The van der Waals surface area contributed by atoms with Gasteiger partial charge in [-0.25, -0.2) is 22.9 Å². The van der Waals surface area contributed by atoms with Crippen molar-refractivity contribution in [3.63, 3.8) is 0 Å². The van der Waals surface area contributed by atoms with Crippen molar-refractivity contribution in [1.29, 1.82) is 0 Å². The zero-order chi connectivity index (χ0) is 25.3. The van der Waals surface area contributed by atoms with Gasteiger partial charge >= 0.3 is 29.2 Å². The number of hydrogen-bond donors (Lipinski definition) is 6. The Kier molecular flexibility index (Phi) is 7.90. The molecule has 23 heteroatoms. The van der Waals surface area contributed by atoms with Crippen LogP contribution in [0.4, 0.5) is 10.2 Å². The van der Waals surface area contributed by atoms with E-state index in [0.717, 1.165) is 16.8 Å². The number of rotatable bonds is 10. The maximum Gasteiger partial charge on any atom is 0.490 e. The van der Waals surface area contributed by atoms with E-state index in [0.29, 0.717) is 0 Å². The Morgan fingerprint density at radius 3 is 2.48 bits per heavy atom. The molecule has 3 unspecified atom stereocenters. The van der Waals surface area contributed by atoms with Gasteiger partial charge in [0.25, 0.3) is 0 Å². The summed E-state index contributed by atoms with van der Waals surface area (Å²) in [6, 6.07) is 1.14. The van der Waals surface area contributed by atoms with Crippen LogP contribution in [0.2, 0.25) is 0 Å². The Hall–Kier alpha value is -1.75. The van der Waals surface area contributed by atoms with E-state index in [-0.39, 0.29) is 5.82 Å². The number of aromatic nitrogens is 2. The van der Waals surface area contributed by atoms with Crippen molar-refractivity contribution in [3.05, 3.63) is 33.2 Å². The first-order chi connectivity index (χ1) is 15.0. The highest BCUT2D eigenvalue weighted by Gasteiger charge is 2.61. The van der Waals surface area contributed by atoms with Gasteiger partial charge < -0.3 is 35.2 Å². The molecular weight excluding hydrogens is 524 g/mol. The van der Waals surface area contributed by atoms with Crippen LogP contribution in [-0.4, -0.2) is 58.8 Å². The third-order valence-corrected chi connectivity index (χ3v) is 7.80. The van der Waals surface area contributed by atoms with Gasteiger partial charge in [-0.2, -0.15) is 13.6 Å². The van der Waals surface area contributed by atoms with Crippen LogP contribution in [0, 0.1) is 0 Å². The summed E-state index contributed by atoms with van der Waals surface area (Å²) >= 11 is 0. The van der Waals surface area contributed by atoms with E-state index < -0.39 is 66.4 Å². The number of hydrogen-bond acceptors (Lipinski definition) is 12. The third kappa shape index (κ3) is 6.65. The number of azide groups is 1. The number of nitrogen functional groups attached to an aromatic ring is 1. The molecule has 5 atom stereocenters. The van der Waals surface area contributed by atoms with E-state index in [1.807, 2.05) is 0 Å². The highest BCUT2D eigenvalue weighted by Crippen LogP contribution is 2.66. The van der Waals surface area contributed by atoms with Gasteiger partial charge in [0.1, 0.15) is 18.7 Å². The van der Waals surface area contributed by atoms with Gasteiger partial charge in [0.15, 0.2) is 11.3 Å². The summed E-state index contributed by atoms with van der Waals surface area (Å²) < 4.78 is 65.4. The summed E-state index contributed by atoms with van der Waals surface area (Å²) in [6.45, 7) is -3.28. The molecule has 7 N–H and O–H groups in total. The predicted octanol–water partition coefficient (Wildman–Crippen LogP) is -0.205. The molecule has 0 amide bonds. The summed E-state index contributed by atoms with van der Waals surface area (Å²) in [4.78, 5) is 53.5. The molecule has 2 rings (SSSR count). The van der Waals surface area contributed by atoms with Crippen LogP contribution < -0.4 is 11.4 Å². The predicted molar refractivity (Wildman–Crippen MR) is 100 cm³/mol. The minimum absolute atomic E-state index is 0.191. The van der Waals surface area contributed by atoms with Crippen molar-refractivity contribution < 1.29 is 60.6 Å². The van der Waals surface area contributed by atoms with E-state index in [4.69, 9.17) is 30.7 Å². The van der Waals surface area contributed by atoms with Crippen molar-refractivity contribution in [2.45, 2.75) is 24.0 Å². The lowest BCUT2D eigenvalue weighted by atomic mass is 9.92. The van der Waals surface area contributed by atoms with Crippen molar-refractivity contribution >= 4 is 29.3 Å². The molecule has 2 heterocycles. The van der Waals surface area contributed by atoms with Crippen LogP contribution in [0.25, 0.3) is 10.4 Å². The minimum atomic E-state index is -5.89. The molecule has 1 aliphatic heterocycles. The summed E-state index contributed by atoms with van der Waals surface area (Å²) in [5.74, 6) is -0.191. The quantitative estimate of drug-likeness (QED) is 0.0968. The zero-order valence-electron chi connectivity index (χ0n) is 15.9. The van der Waals surface area contributed by atoms with Gasteiger partial charge in [0.2, 0.25) is 0 Å². The first kappa shape index (κ1) is 27.5. The van der Waals surface area contributed by atoms with E-state index >= 15 is 0 Å².